The molecule has 1 saturated heterocycles. The van der Waals surface area contributed by atoms with Crippen molar-refractivity contribution in [2.24, 2.45) is 11.3 Å². The minimum absolute atomic E-state index is 0.403. The van der Waals surface area contributed by atoms with Crippen molar-refractivity contribution >= 4 is 5.97 Å². The van der Waals surface area contributed by atoms with E-state index in [2.05, 4.69) is 11.8 Å². The lowest BCUT2D eigenvalue weighted by molar-refractivity contribution is -0.153. The van der Waals surface area contributed by atoms with Crippen molar-refractivity contribution in [3.05, 3.63) is 0 Å². The molecule has 0 spiro atoms. The smallest absolute Gasteiger partial charge is 0.310 e. The lowest BCUT2D eigenvalue weighted by Gasteiger charge is -2.39. The van der Waals surface area contributed by atoms with E-state index in [1.54, 1.807) is 0 Å². The van der Waals surface area contributed by atoms with E-state index < -0.39 is 11.4 Å². The number of hydrogen-bond acceptors (Lipinski definition) is 3. The zero-order valence-corrected chi connectivity index (χ0v) is 11.5. The molecular formula is C14H25NO3. The zero-order valence-electron chi connectivity index (χ0n) is 11.5. The molecule has 0 amide bonds. The summed E-state index contributed by atoms with van der Waals surface area (Å²) in [5.74, 6) is 0.0674. The van der Waals surface area contributed by atoms with Crippen LogP contribution in [0.2, 0.25) is 0 Å². The molecule has 1 saturated carbocycles. The Balaban J connectivity index is 1.99. The normalized spacial score (nSPS) is 37.1. The standard InChI is InChI=1S/C14H25NO3/c1-11-3-6-14(7-4-11,13(16)17)10-15(2)12-5-8-18-9-12/h11-12H,3-10H2,1-2H3,(H,16,17). The van der Waals surface area contributed by atoms with Crippen LogP contribution in [0.1, 0.15) is 39.0 Å². The summed E-state index contributed by atoms with van der Waals surface area (Å²) >= 11 is 0. The van der Waals surface area contributed by atoms with Crippen LogP contribution in [-0.2, 0) is 9.53 Å². The monoisotopic (exact) mass is 255 g/mol. The summed E-state index contributed by atoms with van der Waals surface area (Å²) in [6.07, 6.45) is 4.76. The van der Waals surface area contributed by atoms with Crippen LogP contribution >= 0.6 is 0 Å². The summed E-state index contributed by atoms with van der Waals surface area (Å²) in [4.78, 5) is 13.9. The summed E-state index contributed by atoms with van der Waals surface area (Å²) in [7, 11) is 2.04. The molecule has 1 aliphatic heterocycles. The highest BCUT2D eigenvalue weighted by Gasteiger charge is 2.43. The third-order valence-corrected chi connectivity index (χ3v) is 4.77. The molecule has 0 bridgehead atoms. The van der Waals surface area contributed by atoms with Gasteiger partial charge in [0.15, 0.2) is 0 Å². The van der Waals surface area contributed by atoms with E-state index in [1.165, 1.54) is 0 Å². The second kappa shape index (κ2) is 5.57. The number of carboxylic acids is 1. The fourth-order valence-corrected chi connectivity index (χ4v) is 3.23. The van der Waals surface area contributed by atoms with Crippen LogP contribution in [0.25, 0.3) is 0 Å². The van der Waals surface area contributed by atoms with Gasteiger partial charge in [-0.1, -0.05) is 6.92 Å². The lowest BCUT2D eigenvalue weighted by Crippen LogP contribution is -2.47. The minimum atomic E-state index is -0.611. The quantitative estimate of drug-likeness (QED) is 0.834. The van der Waals surface area contributed by atoms with E-state index >= 15 is 0 Å². The summed E-state index contributed by atoms with van der Waals surface area (Å²) in [5.41, 5.74) is -0.524. The molecule has 0 aromatic carbocycles. The predicted molar refractivity (Wildman–Crippen MR) is 69.6 cm³/mol. The maximum atomic E-state index is 11.7. The number of aliphatic carboxylic acids is 1. The fraction of sp³-hybridized carbons (Fsp3) is 0.929. The van der Waals surface area contributed by atoms with Crippen LogP contribution in [0, 0.1) is 11.3 Å². The Morgan fingerprint density at radius 3 is 2.56 bits per heavy atom. The fourth-order valence-electron chi connectivity index (χ4n) is 3.23. The molecule has 0 radical (unpaired) electrons. The molecule has 0 aromatic rings. The van der Waals surface area contributed by atoms with Gasteiger partial charge in [0.05, 0.1) is 12.0 Å². The molecule has 2 rings (SSSR count). The molecule has 1 atom stereocenters. The van der Waals surface area contributed by atoms with Gasteiger partial charge in [-0.15, -0.1) is 0 Å². The Hall–Kier alpha value is -0.610. The van der Waals surface area contributed by atoms with Gasteiger partial charge in [-0.05, 0) is 45.1 Å². The number of ether oxygens (including phenoxy) is 1. The molecular weight excluding hydrogens is 230 g/mol. The molecule has 2 fully saturated rings. The number of carboxylic acid groups (broad SMARTS) is 1. The predicted octanol–water partition coefficient (Wildman–Crippen LogP) is 1.99. The largest absolute Gasteiger partial charge is 0.481 e. The molecule has 1 unspecified atom stereocenters. The first-order valence-corrected chi connectivity index (χ1v) is 7.05. The van der Waals surface area contributed by atoms with Crippen LogP contribution in [0.4, 0.5) is 0 Å². The van der Waals surface area contributed by atoms with Gasteiger partial charge in [-0.3, -0.25) is 9.69 Å². The van der Waals surface area contributed by atoms with Gasteiger partial charge < -0.3 is 9.84 Å². The van der Waals surface area contributed by atoms with Crippen molar-refractivity contribution in [2.75, 3.05) is 26.8 Å². The number of nitrogens with zero attached hydrogens (tertiary/aromatic N) is 1. The van der Waals surface area contributed by atoms with Gasteiger partial charge in [-0.2, -0.15) is 0 Å². The summed E-state index contributed by atoms with van der Waals surface area (Å²) in [6.45, 7) is 4.46. The average Bonchev–Trinajstić information content (AvgIpc) is 2.85. The second-order valence-electron chi connectivity index (χ2n) is 6.20. The third kappa shape index (κ3) is 2.86. The Labute approximate surface area is 109 Å². The summed E-state index contributed by atoms with van der Waals surface area (Å²) < 4.78 is 5.39. The van der Waals surface area contributed by atoms with Crippen LogP contribution in [-0.4, -0.2) is 48.8 Å². The van der Waals surface area contributed by atoms with E-state index in [0.29, 0.717) is 18.5 Å². The van der Waals surface area contributed by atoms with Crippen molar-refractivity contribution in [1.82, 2.24) is 4.90 Å². The highest BCUT2D eigenvalue weighted by atomic mass is 16.5. The van der Waals surface area contributed by atoms with Gasteiger partial charge in [0, 0.05) is 19.2 Å². The van der Waals surface area contributed by atoms with Gasteiger partial charge in [-0.25, -0.2) is 0 Å². The van der Waals surface area contributed by atoms with Crippen molar-refractivity contribution in [3.8, 4) is 0 Å². The number of rotatable bonds is 4. The first-order chi connectivity index (χ1) is 8.53. The molecule has 1 heterocycles. The molecule has 18 heavy (non-hydrogen) atoms. The molecule has 1 aliphatic carbocycles. The maximum absolute atomic E-state index is 11.7. The van der Waals surface area contributed by atoms with E-state index in [0.717, 1.165) is 45.3 Å². The van der Waals surface area contributed by atoms with Crippen LogP contribution in [0.15, 0.2) is 0 Å². The Morgan fingerprint density at radius 1 is 1.39 bits per heavy atom. The highest BCUT2D eigenvalue weighted by molar-refractivity contribution is 5.75. The van der Waals surface area contributed by atoms with Crippen molar-refractivity contribution in [2.45, 2.75) is 45.1 Å². The molecule has 4 nitrogen and oxygen atoms in total. The minimum Gasteiger partial charge on any atom is -0.481 e. The van der Waals surface area contributed by atoms with E-state index in [4.69, 9.17) is 4.74 Å². The first-order valence-electron chi connectivity index (χ1n) is 7.05. The topological polar surface area (TPSA) is 49.8 Å². The molecule has 0 aromatic heterocycles. The Kier molecular flexibility index (Phi) is 4.28. The maximum Gasteiger partial charge on any atom is 0.310 e. The third-order valence-electron chi connectivity index (χ3n) is 4.77. The van der Waals surface area contributed by atoms with Crippen molar-refractivity contribution < 1.29 is 14.6 Å². The second-order valence-corrected chi connectivity index (χ2v) is 6.20. The Morgan fingerprint density at radius 2 is 2.06 bits per heavy atom. The lowest BCUT2D eigenvalue weighted by atomic mass is 9.70. The van der Waals surface area contributed by atoms with Crippen LogP contribution < -0.4 is 0 Å². The summed E-state index contributed by atoms with van der Waals surface area (Å²) in [6, 6.07) is 0.403. The van der Waals surface area contributed by atoms with Crippen LogP contribution in [0.3, 0.4) is 0 Å². The molecule has 2 aliphatic rings. The average molecular weight is 255 g/mol. The number of likely N-dealkylation sites (N-methyl/N-ethyl adjacent to an activating group) is 1. The van der Waals surface area contributed by atoms with Gasteiger partial charge >= 0.3 is 5.97 Å². The van der Waals surface area contributed by atoms with Crippen molar-refractivity contribution in [3.63, 3.8) is 0 Å². The first kappa shape index (κ1) is 13.8. The zero-order chi connectivity index (χ0) is 13.2. The number of hydrogen-bond donors (Lipinski definition) is 1. The summed E-state index contributed by atoms with van der Waals surface area (Å²) in [5, 5.41) is 9.61. The van der Waals surface area contributed by atoms with E-state index in [9.17, 15) is 9.90 Å². The Bertz CT molecular complexity index is 291. The van der Waals surface area contributed by atoms with E-state index in [-0.39, 0.29) is 0 Å². The molecule has 104 valence electrons. The highest BCUT2D eigenvalue weighted by Crippen LogP contribution is 2.40. The van der Waals surface area contributed by atoms with E-state index in [1.807, 2.05) is 7.05 Å². The SMILES string of the molecule is CC1CCC(CN(C)C2CCOC2)(C(=O)O)CC1. The number of carbonyl (C=O) groups is 1. The van der Waals surface area contributed by atoms with Crippen molar-refractivity contribution in [1.29, 1.82) is 0 Å². The molecule has 1 N–H and O–H groups in total. The molecule has 4 heteroatoms. The van der Waals surface area contributed by atoms with Gasteiger partial charge in [0.2, 0.25) is 0 Å². The van der Waals surface area contributed by atoms with Gasteiger partial charge in [0.1, 0.15) is 0 Å². The van der Waals surface area contributed by atoms with Gasteiger partial charge in [0.25, 0.3) is 0 Å². The van der Waals surface area contributed by atoms with Crippen LogP contribution in [0.5, 0.6) is 0 Å².